The fraction of sp³-hybridized carbons (Fsp3) is 0.333. The highest BCUT2D eigenvalue weighted by Crippen LogP contribution is 2.27. The third-order valence-electron chi connectivity index (χ3n) is 3.84. The topological polar surface area (TPSA) is 75.8 Å². The molecule has 0 N–H and O–H groups in total. The van der Waals surface area contributed by atoms with Gasteiger partial charge in [0.1, 0.15) is 0 Å². The minimum atomic E-state index is -0.354. The van der Waals surface area contributed by atoms with Gasteiger partial charge < -0.3 is 9.32 Å². The maximum atomic E-state index is 12.5. The third-order valence-corrected chi connectivity index (χ3v) is 4.10. The van der Waals surface area contributed by atoms with Crippen molar-refractivity contribution >= 4 is 28.9 Å². The summed E-state index contributed by atoms with van der Waals surface area (Å²) >= 11 is 5.87. The summed E-state index contributed by atoms with van der Waals surface area (Å²) in [5.74, 6) is -0.387. The molecule has 1 heterocycles. The third kappa shape index (κ3) is 3.86. The number of nitrogens with zero attached hydrogens (tertiary/aromatic N) is 3. The summed E-state index contributed by atoms with van der Waals surface area (Å²) < 4.78 is 5.58. The van der Waals surface area contributed by atoms with Crippen molar-refractivity contribution in [1.82, 2.24) is 9.88 Å². The van der Waals surface area contributed by atoms with Crippen LogP contribution in [0.3, 0.4) is 0 Å². The molecule has 6 nitrogen and oxygen atoms in total. The number of aromatic nitrogens is 1. The summed E-state index contributed by atoms with van der Waals surface area (Å²) in [7, 11) is 3.95. The molecule has 0 atom stereocenters. The van der Waals surface area contributed by atoms with Gasteiger partial charge in [-0.25, -0.2) is 4.98 Å². The zero-order valence-electron chi connectivity index (χ0n) is 14.1. The molecule has 3 rings (SSSR count). The first kappa shape index (κ1) is 17.5. The first-order chi connectivity index (χ1) is 12.0. The average Bonchev–Trinajstić information content (AvgIpc) is 3.02. The lowest BCUT2D eigenvalue weighted by molar-refractivity contribution is 0.0949. The molecular weight excluding hydrogens is 342 g/mol. The number of oxazole rings is 1. The fourth-order valence-electron chi connectivity index (χ4n) is 2.55. The van der Waals surface area contributed by atoms with Gasteiger partial charge in [0.15, 0.2) is 11.5 Å². The minimum Gasteiger partial charge on any atom is -0.432 e. The smallest absolute Gasteiger partial charge is 0.244 e. The van der Waals surface area contributed by atoms with Gasteiger partial charge in [-0.05, 0) is 51.3 Å². The van der Waals surface area contributed by atoms with Gasteiger partial charge >= 0.3 is 0 Å². The van der Waals surface area contributed by atoms with Crippen molar-refractivity contribution in [3.05, 3.63) is 40.7 Å². The standard InChI is InChI=1S/C18H18ClN3O3/c1-22(2)9-3-8-20-13-10-14(23)15-17(16(13)24)25-18(21-15)11-4-6-12(19)7-5-11/h4-7H,3,8-10H2,1-2H3. The Morgan fingerprint density at radius 2 is 1.96 bits per heavy atom. The Morgan fingerprint density at radius 1 is 1.24 bits per heavy atom. The SMILES string of the molecule is CN(C)CCCN=C1CC(=O)c2nc(-c3ccc(Cl)cc3)oc2C1=O. The van der Waals surface area contributed by atoms with Crippen LogP contribution in [0.4, 0.5) is 0 Å². The Bertz CT molecular complexity index is 838. The monoisotopic (exact) mass is 359 g/mol. The van der Waals surface area contributed by atoms with E-state index in [-0.39, 0.29) is 41.0 Å². The van der Waals surface area contributed by atoms with Crippen molar-refractivity contribution in [2.24, 2.45) is 4.99 Å². The van der Waals surface area contributed by atoms with E-state index < -0.39 is 0 Å². The number of hydrogen-bond acceptors (Lipinski definition) is 6. The van der Waals surface area contributed by atoms with Crippen molar-refractivity contribution in [2.45, 2.75) is 12.8 Å². The Labute approximate surface area is 150 Å². The number of fused-ring (bicyclic) bond motifs is 1. The zero-order valence-corrected chi connectivity index (χ0v) is 14.8. The van der Waals surface area contributed by atoms with E-state index in [2.05, 4.69) is 9.98 Å². The predicted molar refractivity (Wildman–Crippen MR) is 95.7 cm³/mol. The summed E-state index contributed by atoms with van der Waals surface area (Å²) in [6.07, 6.45) is 0.789. The summed E-state index contributed by atoms with van der Waals surface area (Å²) in [5.41, 5.74) is 0.987. The Balaban J connectivity index is 1.83. The second-order valence-electron chi connectivity index (χ2n) is 6.12. The first-order valence-electron chi connectivity index (χ1n) is 7.98. The van der Waals surface area contributed by atoms with E-state index in [4.69, 9.17) is 16.0 Å². The highest BCUT2D eigenvalue weighted by atomic mass is 35.5. The maximum absolute atomic E-state index is 12.5. The van der Waals surface area contributed by atoms with Crippen LogP contribution in [0.15, 0.2) is 33.7 Å². The van der Waals surface area contributed by atoms with Crippen molar-refractivity contribution in [3.63, 3.8) is 0 Å². The lowest BCUT2D eigenvalue weighted by atomic mass is 9.97. The van der Waals surface area contributed by atoms with Gasteiger partial charge in [-0.3, -0.25) is 14.6 Å². The molecule has 0 saturated carbocycles. The highest BCUT2D eigenvalue weighted by Gasteiger charge is 2.35. The number of hydrogen-bond donors (Lipinski definition) is 0. The number of benzene rings is 1. The summed E-state index contributed by atoms with van der Waals surface area (Å²) in [5, 5.41) is 0.583. The second-order valence-corrected chi connectivity index (χ2v) is 6.55. The summed E-state index contributed by atoms with van der Waals surface area (Å²) in [4.78, 5) is 35.4. The molecule has 25 heavy (non-hydrogen) atoms. The lowest BCUT2D eigenvalue weighted by Crippen LogP contribution is -2.27. The number of halogens is 1. The van der Waals surface area contributed by atoms with Crippen molar-refractivity contribution < 1.29 is 14.0 Å². The van der Waals surface area contributed by atoms with Crippen LogP contribution in [0.5, 0.6) is 0 Å². The molecule has 0 fully saturated rings. The van der Waals surface area contributed by atoms with Crippen LogP contribution in [0.1, 0.15) is 33.9 Å². The normalized spacial score (nSPS) is 15.9. The number of carbonyl (C=O) groups is 2. The van der Waals surface area contributed by atoms with Crippen LogP contribution in [-0.4, -0.2) is 54.3 Å². The quantitative estimate of drug-likeness (QED) is 0.766. The molecule has 0 amide bonds. The lowest BCUT2D eigenvalue weighted by Gasteiger charge is -2.10. The Morgan fingerprint density at radius 3 is 2.64 bits per heavy atom. The number of Topliss-reactive ketones (excluding diaryl/α,β-unsaturated/α-hetero) is 2. The van der Waals surface area contributed by atoms with Crippen LogP contribution in [0.2, 0.25) is 5.02 Å². The molecule has 0 aliphatic heterocycles. The van der Waals surface area contributed by atoms with Gasteiger partial charge in [0, 0.05) is 17.1 Å². The van der Waals surface area contributed by atoms with Crippen LogP contribution >= 0.6 is 11.6 Å². The van der Waals surface area contributed by atoms with Gasteiger partial charge in [0.25, 0.3) is 0 Å². The number of ketones is 2. The van der Waals surface area contributed by atoms with Crippen molar-refractivity contribution in [2.75, 3.05) is 27.2 Å². The van der Waals surface area contributed by atoms with Crippen molar-refractivity contribution in [3.8, 4) is 11.5 Å². The molecule has 1 aromatic heterocycles. The van der Waals surface area contributed by atoms with Crippen LogP contribution in [-0.2, 0) is 0 Å². The second kappa shape index (κ2) is 7.29. The van der Waals surface area contributed by atoms with E-state index in [0.29, 0.717) is 17.1 Å². The minimum absolute atomic E-state index is 0.0208. The molecule has 1 aliphatic carbocycles. The van der Waals surface area contributed by atoms with Crippen LogP contribution < -0.4 is 0 Å². The van der Waals surface area contributed by atoms with E-state index in [1.54, 1.807) is 24.3 Å². The Kier molecular flexibility index (Phi) is 5.11. The van der Waals surface area contributed by atoms with Gasteiger partial charge in [-0.1, -0.05) is 11.6 Å². The Hall–Kier alpha value is -2.31. The molecule has 0 bridgehead atoms. The summed E-state index contributed by atoms with van der Waals surface area (Å²) in [6, 6.07) is 6.85. The van der Waals surface area contributed by atoms with Gasteiger partial charge in [-0.15, -0.1) is 0 Å². The number of carbonyl (C=O) groups excluding carboxylic acids is 2. The van der Waals surface area contributed by atoms with E-state index >= 15 is 0 Å². The van der Waals surface area contributed by atoms with E-state index in [0.717, 1.165) is 13.0 Å². The molecule has 7 heteroatoms. The van der Waals surface area contributed by atoms with Gasteiger partial charge in [-0.2, -0.15) is 0 Å². The summed E-state index contributed by atoms with van der Waals surface area (Å²) in [6.45, 7) is 1.37. The van der Waals surface area contributed by atoms with Crippen molar-refractivity contribution in [1.29, 1.82) is 0 Å². The molecule has 0 unspecified atom stereocenters. The molecule has 130 valence electrons. The highest BCUT2D eigenvalue weighted by molar-refractivity contribution is 6.51. The molecule has 0 spiro atoms. The maximum Gasteiger partial charge on any atom is 0.244 e. The average molecular weight is 360 g/mol. The van der Waals surface area contributed by atoms with E-state index in [1.165, 1.54) is 0 Å². The predicted octanol–water partition coefficient (Wildman–Crippen LogP) is 3.16. The van der Waals surface area contributed by atoms with Gasteiger partial charge in [0.05, 0.1) is 12.1 Å². The molecule has 0 saturated heterocycles. The van der Waals surface area contributed by atoms with Gasteiger partial charge in [0.2, 0.25) is 17.4 Å². The fourth-order valence-corrected chi connectivity index (χ4v) is 2.68. The molecule has 2 aromatic rings. The largest absolute Gasteiger partial charge is 0.432 e. The molecular formula is C18H18ClN3O3. The van der Waals surface area contributed by atoms with E-state index in [9.17, 15) is 9.59 Å². The first-order valence-corrected chi connectivity index (χ1v) is 8.36. The molecule has 1 aromatic carbocycles. The zero-order chi connectivity index (χ0) is 18.0. The van der Waals surface area contributed by atoms with Crippen LogP contribution in [0, 0.1) is 0 Å². The molecule has 0 radical (unpaired) electrons. The van der Waals surface area contributed by atoms with E-state index in [1.807, 2.05) is 19.0 Å². The number of aliphatic imine (C=N–C) groups is 1. The van der Waals surface area contributed by atoms with Crippen LogP contribution in [0.25, 0.3) is 11.5 Å². The number of rotatable bonds is 5. The molecule has 1 aliphatic rings.